The fraction of sp³-hybridized carbons (Fsp3) is 1.00. The zero-order valence-corrected chi connectivity index (χ0v) is 10.5. The van der Waals surface area contributed by atoms with Gasteiger partial charge in [-0.2, -0.15) is 0 Å². The molecule has 0 aliphatic rings. The van der Waals surface area contributed by atoms with Gasteiger partial charge in [-0.3, -0.25) is 4.90 Å². The summed E-state index contributed by atoms with van der Waals surface area (Å²) in [5.74, 6) is 0.738. The summed E-state index contributed by atoms with van der Waals surface area (Å²) >= 11 is 0. The minimum absolute atomic E-state index is 0.379. The van der Waals surface area contributed by atoms with Crippen LogP contribution in [-0.2, 0) is 0 Å². The average molecular weight is 185 g/mol. The maximum atomic E-state index is 2.54. The number of hydrogen-bond acceptors (Lipinski definition) is 1. The third-order valence-corrected chi connectivity index (χ3v) is 3.95. The molecule has 0 heterocycles. The van der Waals surface area contributed by atoms with E-state index in [1.807, 2.05) is 0 Å². The lowest BCUT2D eigenvalue weighted by molar-refractivity contribution is 0.0639. The Bertz CT molecular complexity index is 136. The van der Waals surface area contributed by atoms with Crippen LogP contribution in [0.4, 0.5) is 0 Å². The topological polar surface area (TPSA) is 3.24 Å². The lowest BCUT2D eigenvalue weighted by Crippen LogP contribution is -2.49. The molecule has 0 aromatic carbocycles. The molecule has 1 nitrogen and oxygen atoms in total. The van der Waals surface area contributed by atoms with Crippen LogP contribution in [0, 0.1) is 5.92 Å². The van der Waals surface area contributed by atoms with E-state index in [0.29, 0.717) is 11.6 Å². The van der Waals surface area contributed by atoms with Crippen molar-refractivity contribution in [3.8, 4) is 0 Å². The monoisotopic (exact) mass is 185 g/mol. The molecule has 13 heavy (non-hydrogen) atoms. The summed E-state index contributed by atoms with van der Waals surface area (Å²) in [4.78, 5) is 2.54. The van der Waals surface area contributed by atoms with Crippen LogP contribution in [-0.4, -0.2) is 23.5 Å². The minimum atomic E-state index is 0.379. The summed E-state index contributed by atoms with van der Waals surface area (Å²) in [6.07, 6.45) is 2.47. The Morgan fingerprint density at radius 1 is 1.08 bits per heavy atom. The summed E-state index contributed by atoms with van der Waals surface area (Å²) in [7, 11) is 2.26. The molecule has 0 saturated heterocycles. The maximum absolute atomic E-state index is 2.54. The second-order valence-corrected chi connectivity index (χ2v) is 4.80. The van der Waals surface area contributed by atoms with Crippen LogP contribution in [0.3, 0.4) is 0 Å². The highest BCUT2D eigenvalue weighted by Gasteiger charge is 2.29. The SMILES string of the molecule is CCC(C)(CC)N(C)[C@H](C)C(C)C. The molecule has 0 amide bonds. The van der Waals surface area contributed by atoms with Crippen molar-refractivity contribution < 1.29 is 0 Å². The lowest BCUT2D eigenvalue weighted by Gasteiger charge is -2.43. The Hall–Kier alpha value is -0.0400. The van der Waals surface area contributed by atoms with Crippen molar-refractivity contribution in [2.24, 2.45) is 5.92 Å². The molecule has 80 valence electrons. The van der Waals surface area contributed by atoms with Gasteiger partial charge in [0, 0.05) is 11.6 Å². The molecule has 1 atom stereocenters. The van der Waals surface area contributed by atoms with Gasteiger partial charge in [0.15, 0.2) is 0 Å². The highest BCUT2D eigenvalue weighted by molar-refractivity contribution is 4.85. The Balaban J connectivity index is 4.45. The van der Waals surface area contributed by atoms with Crippen LogP contribution >= 0.6 is 0 Å². The molecular formula is C12H27N. The Labute approximate surface area is 84.5 Å². The van der Waals surface area contributed by atoms with Gasteiger partial charge in [0.05, 0.1) is 0 Å². The summed E-state index contributed by atoms with van der Waals surface area (Å²) in [5, 5.41) is 0. The van der Waals surface area contributed by atoms with Gasteiger partial charge < -0.3 is 0 Å². The summed E-state index contributed by atoms with van der Waals surface area (Å²) in [6.45, 7) is 13.9. The summed E-state index contributed by atoms with van der Waals surface area (Å²) < 4.78 is 0. The molecule has 0 aliphatic carbocycles. The molecule has 0 aromatic heterocycles. The van der Waals surface area contributed by atoms with Crippen LogP contribution in [0.15, 0.2) is 0 Å². The van der Waals surface area contributed by atoms with E-state index in [0.717, 1.165) is 5.92 Å². The van der Waals surface area contributed by atoms with Gasteiger partial charge in [0.25, 0.3) is 0 Å². The van der Waals surface area contributed by atoms with E-state index in [-0.39, 0.29) is 0 Å². The van der Waals surface area contributed by atoms with Crippen molar-refractivity contribution in [3.63, 3.8) is 0 Å². The molecule has 1 heteroatoms. The Kier molecular flexibility index (Phi) is 4.98. The molecule has 0 unspecified atom stereocenters. The van der Waals surface area contributed by atoms with Gasteiger partial charge in [0.2, 0.25) is 0 Å². The first-order chi connectivity index (χ1) is 5.89. The van der Waals surface area contributed by atoms with E-state index in [4.69, 9.17) is 0 Å². The molecule has 0 radical (unpaired) electrons. The molecule has 0 spiro atoms. The quantitative estimate of drug-likeness (QED) is 0.633. The van der Waals surface area contributed by atoms with E-state index in [2.05, 4.69) is 53.5 Å². The second-order valence-electron chi connectivity index (χ2n) is 4.80. The Morgan fingerprint density at radius 2 is 1.46 bits per heavy atom. The molecule has 0 aliphatic heterocycles. The smallest absolute Gasteiger partial charge is 0.0176 e. The first-order valence-electron chi connectivity index (χ1n) is 5.62. The van der Waals surface area contributed by atoms with Crippen molar-refractivity contribution in [3.05, 3.63) is 0 Å². The van der Waals surface area contributed by atoms with E-state index < -0.39 is 0 Å². The first-order valence-corrected chi connectivity index (χ1v) is 5.62. The molecule has 0 fully saturated rings. The first kappa shape index (κ1) is 13.0. The van der Waals surface area contributed by atoms with Crippen LogP contribution in [0.25, 0.3) is 0 Å². The largest absolute Gasteiger partial charge is 0.298 e. The highest BCUT2D eigenvalue weighted by atomic mass is 15.2. The molecule has 0 N–H and O–H groups in total. The van der Waals surface area contributed by atoms with E-state index in [9.17, 15) is 0 Å². The zero-order valence-electron chi connectivity index (χ0n) is 10.5. The standard InChI is InChI=1S/C12H27N/c1-8-12(6,9-2)13(7)11(5)10(3)4/h10-11H,8-9H2,1-7H3/t11-/m1/s1. The molecule has 0 aromatic rings. The van der Waals surface area contributed by atoms with Crippen molar-refractivity contribution in [1.82, 2.24) is 4.90 Å². The van der Waals surface area contributed by atoms with Gasteiger partial charge in [-0.05, 0) is 39.7 Å². The van der Waals surface area contributed by atoms with Crippen molar-refractivity contribution in [2.75, 3.05) is 7.05 Å². The van der Waals surface area contributed by atoms with E-state index in [1.165, 1.54) is 12.8 Å². The van der Waals surface area contributed by atoms with Crippen molar-refractivity contribution in [1.29, 1.82) is 0 Å². The average Bonchev–Trinajstić information content (AvgIpc) is 2.14. The molecule has 0 rings (SSSR count). The van der Waals surface area contributed by atoms with Crippen molar-refractivity contribution >= 4 is 0 Å². The fourth-order valence-corrected chi connectivity index (χ4v) is 1.69. The third kappa shape index (κ3) is 2.98. The number of rotatable bonds is 5. The molecule has 0 bridgehead atoms. The summed E-state index contributed by atoms with van der Waals surface area (Å²) in [5.41, 5.74) is 0.379. The van der Waals surface area contributed by atoms with Crippen molar-refractivity contribution in [2.45, 2.75) is 66.0 Å². The predicted molar refractivity (Wildman–Crippen MR) is 61.1 cm³/mol. The Morgan fingerprint density at radius 3 is 1.69 bits per heavy atom. The fourth-order valence-electron chi connectivity index (χ4n) is 1.69. The van der Waals surface area contributed by atoms with Crippen LogP contribution < -0.4 is 0 Å². The highest BCUT2D eigenvalue weighted by Crippen LogP contribution is 2.26. The van der Waals surface area contributed by atoms with E-state index in [1.54, 1.807) is 0 Å². The minimum Gasteiger partial charge on any atom is -0.298 e. The second kappa shape index (κ2) is 4.99. The number of hydrogen-bond donors (Lipinski definition) is 0. The van der Waals surface area contributed by atoms with Crippen LogP contribution in [0.2, 0.25) is 0 Å². The van der Waals surface area contributed by atoms with E-state index >= 15 is 0 Å². The zero-order chi connectivity index (χ0) is 10.6. The van der Waals surface area contributed by atoms with Crippen LogP contribution in [0.5, 0.6) is 0 Å². The number of nitrogens with zero attached hydrogens (tertiary/aromatic N) is 1. The maximum Gasteiger partial charge on any atom is 0.0176 e. The lowest BCUT2D eigenvalue weighted by atomic mass is 9.90. The van der Waals surface area contributed by atoms with Gasteiger partial charge >= 0.3 is 0 Å². The van der Waals surface area contributed by atoms with Gasteiger partial charge in [-0.25, -0.2) is 0 Å². The normalized spacial score (nSPS) is 15.5. The van der Waals surface area contributed by atoms with Gasteiger partial charge in [-0.1, -0.05) is 27.7 Å². The molecular weight excluding hydrogens is 158 g/mol. The molecule has 0 saturated carbocycles. The predicted octanol–water partition coefficient (Wildman–Crippen LogP) is 3.54. The summed E-state index contributed by atoms with van der Waals surface area (Å²) in [6, 6.07) is 0.671. The van der Waals surface area contributed by atoms with Gasteiger partial charge in [0.1, 0.15) is 0 Å². The van der Waals surface area contributed by atoms with Crippen LogP contribution in [0.1, 0.15) is 54.4 Å². The van der Waals surface area contributed by atoms with Gasteiger partial charge in [-0.15, -0.1) is 0 Å². The third-order valence-electron chi connectivity index (χ3n) is 3.95.